The summed E-state index contributed by atoms with van der Waals surface area (Å²) in [5.74, 6) is 1.33. The van der Waals surface area contributed by atoms with Gasteiger partial charge in [-0.05, 0) is 43.0 Å². The van der Waals surface area contributed by atoms with Crippen LogP contribution in [0.15, 0.2) is 57.6 Å². The predicted molar refractivity (Wildman–Crippen MR) is 106 cm³/mol. The first-order valence-corrected chi connectivity index (χ1v) is 10.3. The van der Waals surface area contributed by atoms with Crippen LogP contribution in [-0.4, -0.2) is 26.6 Å². The van der Waals surface area contributed by atoms with E-state index in [4.69, 9.17) is 9.40 Å². The van der Waals surface area contributed by atoms with E-state index in [2.05, 4.69) is 39.4 Å². The summed E-state index contributed by atoms with van der Waals surface area (Å²) >= 11 is 1.64. The standard InChI is InChI=1S/C21H20N4OS/c1-2-6-18-15(5-1)8-9-17(22-18)13-25-11-4-3-7-19(25)21-24-23-20(26-21)16-10-12-27-14-16/h1-2,5-6,8-10,12,14,19H,3-4,7,11,13H2/t19-/m0/s1. The highest BCUT2D eigenvalue weighted by atomic mass is 32.1. The minimum Gasteiger partial charge on any atom is -0.419 e. The number of benzene rings is 1. The summed E-state index contributed by atoms with van der Waals surface area (Å²) < 4.78 is 6.03. The average Bonchev–Trinajstić information content (AvgIpc) is 3.40. The molecule has 1 fully saturated rings. The fourth-order valence-electron chi connectivity index (χ4n) is 3.74. The van der Waals surface area contributed by atoms with Gasteiger partial charge in [0.05, 0.1) is 17.3 Å². The minimum atomic E-state index is 0.159. The number of aromatic nitrogens is 3. The molecule has 1 aromatic carbocycles. The molecule has 136 valence electrons. The van der Waals surface area contributed by atoms with E-state index in [9.17, 15) is 0 Å². The Morgan fingerprint density at radius 3 is 2.96 bits per heavy atom. The molecule has 0 saturated carbocycles. The van der Waals surface area contributed by atoms with Crippen molar-refractivity contribution in [2.75, 3.05) is 6.54 Å². The van der Waals surface area contributed by atoms with Crippen LogP contribution in [0.1, 0.15) is 36.9 Å². The van der Waals surface area contributed by atoms with E-state index in [1.54, 1.807) is 11.3 Å². The third-order valence-electron chi connectivity index (χ3n) is 5.13. The van der Waals surface area contributed by atoms with Crippen LogP contribution in [0.4, 0.5) is 0 Å². The number of hydrogen-bond acceptors (Lipinski definition) is 6. The lowest BCUT2D eigenvalue weighted by Gasteiger charge is -2.33. The Hall–Kier alpha value is -2.57. The minimum absolute atomic E-state index is 0.159. The Morgan fingerprint density at radius 1 is 1.07 bits per heavy atom. The van der Waals surface area contributed by atoms with E-state index >= 15 is 0 Å². The zero-order valence-corrected chi connectivity index (χ0v) is 15.7. The van der Waals surface area contributed by atoms with Crippen LogP contribution in [0.5, 0.6) is 0 Å². The van der Waals surface area contributed by atoms with Crippen molar-refractivity contribution in [3.05, 3.63) is 64.8 Å². The molecule has 0 radical (unpaired) electrons. The van der Waals surface area contributed by atoms with Crippen molar-refractivity contribution in [3.63, 3.8) is 0 Å². The fourth-order valence-corrected chi connectivity index (χ4v) is 4.37. The van der Waals surface area contributed by atoms with Crippen molar-refractivity contribution in [1.82, 2.24) is 20.1 Å². The van der Waals surface area contributed by atoms with Crippen molar-refractivity contribution in [2.45, 2.75) is 31.8 Å². The summed E-state index contributed by atoms with van der Waals surface area (Å²) in [7, 11) is 0. The smallest absolute Gasteiger partial charge is 0.248 e. The molecule has 1 atom stereocenters. The molecular weight excluding hydrogens is 356 g/mol. The number of pyridine rings is 1. The van der Waals surface area contributed by atoms with E-state index in [-0.39, 0.29) is 6.04 Å². The molecule has 4 heterocycles. The first-order valence-electron chi connectivity index (χ1n) is 9.31. The second kappa shape index (κ2) is 7.21. The zero-order valence-electron chi connectivity index (χ0n) is 14.9. The van der Waals surface area contributed by atoms with Crippen LogP contribution in [0.2, 0.25) is 0 Å². The lowest BCUT2D eigenvalue weighted by Crippen LogP contribution is -2.33. The fraction of sp³-hybridized carbons (Fsp3) is 0.286. The third-order valence-corrected chi connectivity index (χ3v) is 5.81. The number of thiophene rings is 1. The van der Waals surface area contributed by atoms with Gasteiger partial charge in [0.15, 0.2) is 0 Å². The summed E-state index contributed by atoms with van der Waals surface area (Å²) in [6, 6.07) is 14.7. The van der Waals surface area contributed by atoms with Gasteiger partial charge < -0.3 is 4.42 Å². The monoisotopic (exact) mass is 376 g/mol. The second-order valence-corrected chi connectivity index (χ2v) is 7.71. The molecule has 0 unspecified atom stereocenters. The van der Waals surface area contributed by atoms with E-state index in [0.717, 1.165) is 42.2 Å². The number of fused-ring (bicyclic) bond motifs is 1. The van der Waals surface area contributed by atoms with Gasteiger partial charge in [-0.15, -0.1) is 10.2 Å². The van der Waals surface area contributed by atoms with Gasteiger partial charge in [-0.2, -0.15) is 11.3 Å². The predicted octanol–water partition coefficient (Wildman–Crippen LogP) is 5.07. The largest absolute Gasteiger partial charge is 0.419 e. The van der Waals surface area contributed by atoms with Gasteiger partial charge in [-0.1, -0.05) is 30.7 Å². The first-order chi connectivity index (χ1) is 13.4. The molecule has 1 aliphatic rings. The molecule has 3 aromatic heterocycles. The van der Waals surface area contributed by atoms with Crippen LogP contribution in [0.25, 0.3) is 22.4 Å². The molecule has 5 rings (SSSR count). The van der Waals surface area contributed by atoms with Gasteiger partial charge in [0.25, 0.3) is 0 Å². The molecule has 4 aromatic rings. The molecule has 0 bridgehead atoms. The number of para-hydroxylation sites is 1. The zero-order chi connectivity index (χ0) is 18.1. The lowest BCUT2D eigenvalue weighted by molar-refractivity contribution is 0.117. The summed E-state index contributed by atoms with van der Waals surface area (Å²) in [5, 5.41) is 13.9. The molecule has 27 heavy (non-hydrogen) atoms. The summed E-state index contributed by atoms with van der Waals surface area (Å²) in [6.45, 7) is 1.82. The van der Waals surface area contributed by atoms with Gasteiger partial charge in [-0.25, -0.2) is 0 Å². The first kappa shape index (κ1) is 16.6. The molecule has 0 spiro atoms. The van der Waals surface area contributed by atoms with Crippen molar-refractivity contribution < 1.29 is 4.42 Å². The van der Waals surface area contributed by atoms with Crippen molar-refractivity contribution in [2.24, 2.45) is 0 Å². The summed E-state index contributed by atoms with van der Waals surface area (Å²) in [4.78, 5) is 7.26. The quantitative estimate of drug-likeness (QED) is 0.497. The Morgan fingerprint density at radius 2 is 2.04 bits per heavy atom. The molecule has 6 heteroatoms. The van der Waals surface area contributed by atoms with Crippen LogP contribution in [0, 0.1) is 0 Å². The van der Waals surface area contributed by atoms with E-state index in [1.807, 2.05) is 29.0 Å². The Bertz CT molecular complexity index is 1040. The van der Waals surface area contributed by atoms with Gasteiger partial charge in [0.1, 0.15) is 0 Å². The average molecular weight is 376 g/mol. The molecule has 5 nitrogen and oxygen atoms in total. The Labute approximate surface area is 161 Å². The van der Waals surface area contributed by atoms with E-state index in [1.165, 1.54) is 18.2 Å². The molecule has 1 saturated heterocycles. The highest BCUT2D eigenvalue weighted by molar-refractivity contribution is 7.08. The number of likely N-dealkylation sites (tertiary alicyclic amines) is 1. The maximum absolute atomic E-state index is 6.03. The number of hydrogen-bond donors (Lipinski definition) is 0. The molecular formula is C21H20N4OS. The van der Waals surface area contributed by atoms with Gasteiger partial charge in [-0.3, -0.25) is 9.88 Å². The molecule has 0 aliphatic carbocycles. The highest BCUT2D eigenvalue weighted by Gasteiger charge is 2.29. The normalized spacial score (nSPS) is 18.1. The maximum atomic E-state index is 6.03. The van der Waals surface area contributed by atoms with Crippen LogP contribution >= 0.6 is 11.3 Å². The van der Waals surface area contributed by atoms with Crippen molar-refractivity contribution in [3.8, 4) is 11.5 Å². The Kier molecular flexibility index (Phi) is 4.43. The summed E-state index contributed by atoms with van der Waals surface area (Å²) in [5.41, 5.74) is 3.12. The van der Waals surface area contributed by atoms with Crippen LogP contribution < -0.4 is 0 Å². The van der Waals surface area contributed by atoms with Gasteiger partial charge in [0.2, 0.25) is 11.8 Å². The molecule has 1 aliphatic heterocycles. The van der Waals surface area contributed by atoms with E-state index < -0.39 is 0 Å². The summed E-state index contributed by atoms with van der Waals surface area (Å²) in [6.07, 6.45) is 3.41. The molecule has 0 N–H and O–H groups in total. The topological polar surface area (TPSA) is 55.1 Å². The van der Waals surface area contributed by atoms with Crippen molar-refractivity contribution in [1.29, 1.82) is 0 Å². The van der Waals surface area contributed by atoms with Crippen LogP contribution in [0.3, 0.4) is 0 Å². The number of nitrogens with zero attached hydrogens (tertiary/aromatic N) is 4. The number of rotatable bonds is 4. The highest BCUT2D eigenvalue weighted by Crippen LogP contribution is 2.33. The maximum Gasteiger partial charge on any atom is 0.248 e. The SMILES string of the molecule is c1ccc2nc(CN3CCCC[C@H]3c3nnc(-c4ccsc4)o3)ccc2c1. The van der Waals surface area contributed by atoms with Gasteiger partial charge in [0, 0.05) is 22.9 Å². The van der Waals surface area contributed by atoms with Gasteiger partial charge >= 0.3 is 0 Å². The van der Waals surface area contributed by atoms with Crippen molar-refractivity contribution >= 4 is 22.2 Å². The lowest BCUT2D eigenvalue weighted by atomic mass is 10.0. The Balaban J connectivity index is 1.40. The number of piperidine rings is 1. The third kappa shape index (κ3) is 3.38. The van der Waals surface area contributed by atoms with E-state index in [0.29, 0.717) is 5.89 Å². The molecule has 0 amide bonds. The second-order valence-electron chi connectivity index (χ2n) is 6.93. The van der Waals surface area contributed by atoms with Crippen LogP contribution in [-0.2, 0) is 6.54 Å².